The van der Waals surface area contributed by atoms with E-state index in [1.54, 1.807) is 18.2 Å². The van der Waals surface area contributed by atoms with E-state index in [1.165, 1.54) is 45.6 Å². The van der Waals surface area contributed by atoms with Crippen molar-refractivity contribution in [3.8, 4) is 11.4 Å². The van der Waals surface area contributed by atoms with Crippen LogP contribution in [0, 0.1) is 5.92 Å². The summed E-state index contributed by atoms with van der Waals surface area (Å²) in [6.45, 7) is 7.87. The zero-order valence-electron chi connectivity index (χ0n) is 18.5. The van der Waals surface area contributed by atoms with Gasteiger partial charge in [-0.2, -0.15) is 0 Å². The van der Waals surface area contributed by atoms with E-state index in [2.05, 4.69) is 31.7 Å². The first kappa shape index (κ1) is 20.9. The van der Waals surface area contributed by atoms with Crippen LogP contribution in [0.15, 0.2) is 36.5 Å². The molecule has 2 N–H and O–H groups in total. The SMILES string of the molecule is CN1CCN(CC2CCN(c3nccc4[nH]c(-c5cccc(C(=O)O)c5)nc34)CC2)CC1. The van der Waals surface area contributed by atoms with Gasteiger partial charge in [-0.05, 0) is 44.0 Å². The highest BCUT2D eigenvalue weighted by molar-refractivity contribution is 5.91. The van der Waals surface area contributed by atoms with Crippen LogP contribution in [0.5, 0.6) is 0 Å². The number of fused-ring (bicyclic) bond motifs is 1. The summed E-state index contributed by atoms with van der Waals surface area (Å²) in [5.74, 6) is 1.38. The molecule has 5 rings (SSSR count). The molecule has 0 spiro atoms. The van der Waals surface area contributed by atoms with E-state index in [4.69, 9.17) is 4.98 Å². The Morgan fingerprint density at radius 3 is 2.66 bits per heavy atom. The Balaban J connectivity index is 1.30. The average molecular weight is 435 g/mol. The van der Waals surface area contributed by atoms with Gasteiger partial charge < -0.3 is 24.8 Å². The van der Waals surface area contributed by atoms with Crippen molar-refractivity contribution < 1.29 is 9.90 Å². The molecule has 0 saturated carbocycles. The second kappa shape index (κ2) is 8.88. The lowest BCUT2D eigenvalue weighted by Crippen LogP contribution is -2.47. The molecule has 4 heterocycles. The van der Waals surface area contributed by atoms with Gasteiger partial charge in [0.2, 0.25) is 0 Å². The smallest absolute Gasteiger partial charge is 0.335 e. The number of nitrogens with zero attached hydrogens (tertiary/aromatic N) is 5. The molecular formula is C24H30N6O2. The quantitative estimate of drug-likeness (QED) is 0.638. The summed E-state index contributed by atoms with van der Waals surface area (Å²) in [5.41, 5.74) is 2.78. The van der Waals surface area contributed by atoms with Gasteiger partial charge in [-0.3, -0.25) is 0 Å². The number of rotatable bonds is 5. The third-order valence-electron chi connectivity index (χ3n) is 6.79. The zero-order valence-corrected chi connectivity index (χ0v) is 18.5. The fourth-order valence-corrected chi connectivity index (χ4v) is 4.81. The summed E-state index contributed by atoms with van der Waals surface area (Å²) >= 11 is 0. The number of imidazole rings is 1. The van der Waals surface area contributed by atoms with Crippen LogP contribution in [-0.4, -0.2) is 88.7 Å². The molecule has 8 heteroatoms. The number of hydrogen-bond donors (Lipinski definition) is 2. The lowest BCUT2D eigenvalue weighted by atomic mass is 9.96. The van der Waals surface area contributed by atoms with E-state index >= 15 is 0 Å². The van der Waals surface area contributed by atoms with E-state index in [0.717, 1.165) is 41.4 Å². The topological polar surface area (TPSA) is 88.6 Å². The zero-order chi connectivity index (χ0) is 22.1. The molecule has 2 aliphatic rings. The minimum atomic E-state index is -0.940. The van der Waals surface area contributed by atoms with Crippen LogP contribution >= 0.6 is 0 Å². The summed E-state index contributed by atoms with van der Waals surface area (Å²) in [4.78, 5) is 31.5. The molecule has 1 aromatic carbocycles. The van der Waals surface area contributed by atoms with Crippen LogP contribution < -0.4 is 4.90 Å². The largest absolute Gasteiger partial charge is 0.478 e. The average Bonchev–Trinajstić information content (AvgIpc) is 3.26. The van der Waals surface area contributed by atoms with Crippen molar-refractivity contribution in [1.82, 2.24) is 24.8 Å². The molecule has 2 saturated heterocycles. The van der Waals surface area contributed by atoms with Crippen molar-refractivity contribution in [2.24, 2.45) is 5.92 Å². The van der Waals surface area contributed by atoms with E-state index < -0.39 is 5.97 Å². The first-order valence-electron chi connectivity index (χ1n) is 11.4. The van der Waals surface area contributed by atoms with Crippen LogP contribution in [0.25, 0.3) is 22.4 Å². The van der Waals surface area contributed by atoms with Crippen LogP contribution in [0.2, 0.25) is 0 Å². The van der Waals surface area contributed by atoms with Gasteiger partial charge in [0, 0.05) is 57.6 Å². The number of anilines is 1. The number of piperazine rings is 1. The number of hydrogen-bond acceptors (Lipinski definition) is 6. The molecule has 0 unspecified atom stereocenters. The van der Waals surface area contributed by atoms with Gasteiger partial charge in [0.05, 0.1) is 11.1 Å². The molecular weight excluding hydrogens is 404 g/mol. The predicted molar refractivity (Wildman–Crippen MR) is 125 cm³/mol. The minimum Gasteiger partial charge on any atom is -0.478 e. The highest BCUT2D eigenvalue weighted by atomic mass is 16.4. The van der Waals surface area contributed by atoms with Crippen molar-refractivity contribution in [2.75, 3.05) is 57.8 Å². The fraction of sp³-hybridized carbons (Fsp3) is 0.458. The number of carboxylic acids is 1. The Morgan fingerprint density at radius 1 is 1.12 bits per heavy atom. The van der Waals surface area contributed by atoms with Gasteiger partial charge >= 0.3 is 5.97 Å². The summed E-state index contributed by atoms with van der Waals surface area (Å²) < 4.78 is 0. The first-order valence-corrected chi connectivity index (χ1v) is 11.4. The molecule has 168 valence electrons. The lowest BCUT2D eigenvalue weighted by Gasteiger charge is -2.38. The number of nitrogens with one attached hydrogen (secondary N) is 1. The van der Waals surface area contributed by atoms with Crippen LogP contribution in [0.1, 0.15) is 23.2 Å². The molecule has 2 fully saturated rings. The Kier molecular flexibility index (Phi) is 5.80. The normalized spacial score (nSPS) is 19.0. The number of aromatic amines is 1. The minimum absolute atomic E-state index is 0.253. The van der Waals surface area contributed by atoms with E-state index in [-0.39, 0.29) is 5.56 Å². The Morgan fingerprint density at radius 2 is 1.91 bits per heavy atom. The van der Waals surface area contributed by atoms with Crippen LogP contribution in [0.4, 0.5) is 5.82 Å². The van der Waals surface area contributed by atoms with Gasteiger partial charge in [-0.1, -0.05) is 12.1 Å². The maximum Gasteiger partial charge on any atom is 0.335 e. The predicted octanol–water partition coefficient (Wildman–Crippen LogP) is 2.79. The molecule has 0 amide bonds. The Hall–Kier alpha value is -2.97. The number of benzene rings is 1. The van der Waals surface area contributed by atoms with Crippen molar-refractivity contribution in [3.63, 3.8) is 0 Å². The number of carbonyl (C=O) groups is 1. The number of pyridine rings is 1. The number of piperidine rings is 1. The van der Waals surface area contributed by atoms with Gasteiger partial charge in [-0.25, -0.2) is 14.8 Å². The lowest BCUT2D eigenvalue weighted by molar-refractivity contribution is 0.0697. The maximum absolute atomic E-state index is 11.3. The van der Waals surface area contributed by atoms with E-state index in [9.17, 15) is 9.90 Å². The van der Waals surface area contributed by atoms with Gasteiger partial charge in [0.25, 0.3) is 0 Å². The molecule has 32 heavy (non-hydrogen) atoms. The molecule has 2 aliphatic heterocycles. The van der Waals surface area contributed by atoms with Gasteiger partial charge in [0.1, 0.15) is 11.3 Å². The van der Waals surface area contributed by atoms with Crippen molar-refractivity contribution in [1.29, 1.82) is 0 Å². The van der Waals surface area contributed by atoms with E-state index in [0.29, 0.717) is 5.82 Å². The number of carboxylic acid groups (broad SMARTS) is 1. The summed E-state index contributed by atoms with van der Waals surface area (Å²) in [6.07, 6.45) is 4.16. The van der Waals surface area contributed by atoms with Crippen molar-refractivity contribution in [3.05, 3.63) is 42.1 Å². The third-order valence-corrected chi connectivity index (χ3v) is 6.79. The van der Waals surface area contributed by atoms with Crippen LogP contribution in [-0.2, 0) is 0 Å². The van der Waals surface area contributed by atoms with Crippen molar-refractivity contribution >= 4 is 22.8 Å². The molecule has 0 atom stereocenters. The van der Waals surface area contributed by atoms with Gasteiger partial charge in [0.15, 0.2) is 5.82 Å². The standard InChI is InChI=1S/C24H30N6O2/c1-28-11-13-29(14-12-28)16-17-6-9-30(10-7-17)23-21-20(5-8-25-23)26-22(27-21)18-3-2-4-19(15-18)24(31)32/h2-5,8,15,17H,6-7,9-14,16H2,1H3,(H,26,27)(H,31,32). The van der Waals surface area contributed by atoms with E-state index in [1.807, 2.05) is 18.3 Å². The highest BCUT2D eigenvalue weighted by Gasteiger charge is 2.25. The number of aromatic carboxylic acids is 1. The number of likely N-dealkylation sites (N-methyl/N-ethyl adjacent to an activating group) is 1. The van der Waals surface area contributed by atoms with Gasteiger partial charge in [-0.15, -0.1) is 0 Å². The summed E-state index contributed by atoms with van der Waals surface area (Å²) in [6, 6.07) is 8.79. The number of H-pyrrole nitrogens is 1. The van der Waals surface area contributed by atoms with Crippen molar-refractivity contribution in [2.45, 2.75) is 12.8 Å². The second-order valence-corrected chi connectivity index (χ2v) is 9.04. The maximum atomic E-state index is 11.3. The summed E-state index contributed by atoms with van der Waals surface area (Å²) in [5, 5.41) is 9.29. The molecule has 2 aromatic heterocycles. The Bertz CT molecular complexity index is 1100. The fourth-order valence-electron chi connectivity index (χ4n) is 4.81. The monoisotopic (exact) mass is 434 g/mol. The van der Waals surface area contributed by atoms with Crippen LogP contribution in [0.3, 0.4) is 0 Å². The molecule has 0 bridgehead atoms. The molecule has 0 radical (unpaired) electrons. The molecule has 0 aliphatic carbocycles. The first-order chi connectivity index (χ1) is 15.6. The second-order valence-electron chi connectivity index (χ2n) is 9.04. The molecule has 8 nitrogen and oxygen atoms in total. The highest BCUT2D eigenvalue weighted by Crippen LogP contribution is 2.30. The summed E-state index contributed by atoms with van der Waals surface area (Å²) in [7, 11) is 2.20. The number of aromatic nitrogens is 3. The Labute approximate surface area is 187 Å². The third kappa shape index (κ3) is 4.33. The molecule has 3 aromatic rings.